The van der Waals surface area contributed by atoms with Crippen LogP contribution in [0.5, 0.6) is 5.75 Å². The molecule has 0 unspecified atom stereocenters. The predicted molar refractivity (Wildman–Crippen MR) is 86.0 cm³/mol. The quantitative estimate of drug-likeness (QED) is 0.885. The largest absolute Gasteiger partial charge is 0.497 e. The first-order valence-electron chi connectivity index (χ1n) is 6.83. The average Bonchev–Trinajstić information content (AvgIpc) is 2.48. The Kier molecular flexibility index (Phi) is 4.82. The van der Waals surface area contributed by atoms with Crippen LogP contribution in [0.1, 0.15) is 11.1 Å². The average molecular weight is 284 g/mol. The molecule has 0 fully saturated rings. The van der Waals surface area contributed by atoms with Crippen molar-refractivity contribution in [1.29, 1.82) is 0 Å². The summed E-state index contributed by atoms with van der Waals surface area (Å²) < 4.78 is 5.09. The lowest BCUT2D eigenvalue weighted by Crippen LogP contribution is -2.22. The fraction of sp³-hybridized carbons (Fsp3) is 0.235. The molecule has 0 bridgehead atoms. The molecule has 0 atom stereocenters. The van der Waals surface area contributed by atoms with E-state index in [1.54, 1.807) is 7.11 Å². The fourth-order valence-electron chi connectivity index (χ4n) is 2.04. The summed E-state index contributed by atoms with van der Waals surface area (Å²) in [6.45, 7) is 4.24. The van der Waals surface area contributed by atoms with Gasteiger partial charge in [-0.2, -0.15) is 0 Å². The smallest absolute Gasteiger partial charge is 0.243 e. The molecule has 0 aliphatic heterocycles. The Hall–Kier alpha value is -2.49. The molecule has 0 radical (unpaired) electrons. The molecule has 110 valence electrons. The number of carbonyl (C=O) groups excluding carboxylic acids is 1. The molecule has 0 saturated heterocycles. The van der Waals surface area contributed by atoms with Gasteiger partial charge in [0.1, 0.15) is 5.75 Å². The van der Waals surface area contributed by atoms with E-state index >= 15 is 0 Å². The van der Waals surface area contributed by atoms with Crippen molar-refractivity contribution in [2.75, 3.05) is 24.3 Å². The van der Waals surface area contributed by atoms with Crippen LogP contribution in [0.4, 0.5) is 11.4 Å². The summed E-state index contributed by atoms with van der Waals surface area (Å²) in [4.78, 5) is 11.9. The van der Waals surface area contributed by atoms with Crippen molar-refractivity contribution in [1.82, 2.24) is 0 Å². The van der Waals surface area contributed by atoms with E-state index in [2.05, 4.69) is 10.6 Å². The zero-order chi connectivity index (χ0) is 15.2. The molecule has 2 N–H and O–H groups in total. The van der Waals surface area contributed by atoms with Crippen LogP contribution >= 0.6 is 0 Å². The normalized spacial score (nSPS) is 10.0. The number of hydrogen-bond acceptors (Lipinski definition) is 3. The van der Waals surface area contributed by atoms with Crippen LogP contribution in [0.15, 0.2) is 42.5 Å². The lowest BCUT2D eigenvalue weighted by atomic mass is 10.1. The van der Waals surface area contributed by atoms with E-state index in [0.29, 0.717) is 0 Å². The second kappa shape index (κ2) is 6.79. The van der Waals surface area contributed by atoms with Crippen molar-refractivity contribution >= 4 is 17.3 Å². The molecule has 2 rings (SSSR count). The summed E-state index contributed by atoms with van der Waals surface area (Å²) in [5.41, 5.74) is 3.98. The van der Waals surface area contributed by atoms with Crippen LogP contribution in [0, 0.1) is 13.8 Å². The molecular weight excluding hydrogens is 264 g/mol. The lowest BCUT2D eigenvalue weighted by Gasteiger charge is -2.10. The number of methoxy groups -OCH3 is 1. The summed E-state index contributed by atoms with van der Waals surface area (Å²) >= 11 is 0. The van der Waals surface area contributed by atoms with E-state index in [-0.39, 0.29) is 12.5 Å². The van der Waals surface area contributed by atoms with E-state index in [1.165, 1.54) is 5.56 Å². The Morgan fingerprint density at radius 1 is 1.10 bits per heavy atom. The zero-order valence-corrected chi connectivity index (χ0v) is 12.6. The van der Waals surface area contributed by atoms with Gasteiger partial charge < -0.3 is 15.4 Å². The van der Waals surface area contributed by atoms with Crippen molar-refractivity contribution in [3.8, 4) is 5.75 Å². The Morgan fingerprint density at radius 3 is 2.43 bits per heavy atom. The number of anilines is 2. The van der Waals surface area contributed by atoms with Gasteiger partial charge in [-0.3, -0.25) is 4.79 Å². The predicted octanol–water partition coefficient (Wildman–Crippen LogP) is 3.36. The van der Waals surface area contributed by atoms with Gasteiger partial charge in [0.05, 0.1) is 13.7 Å². The summed E-state index contributed by atoms with van der Waals surface area (Å²) in [6, 6.07) is 13.4. The minimum absolute atomic E-state index is 0.0715. The van der Waals surface area contributed by atoms with E-state index in [0.717, 1.165) is 22.7 Å². The molecule has 4 heteroatoms. The van der Waals surface area contributed by atoms with Crippen LogP contribution in [-0.2, 0) is 4.79 Å². The number of hydrogen-bond donors (Lipinski definition) is 2. The van der Waals surface area contributed by atoms with Crippen molar-refractivity contribution in [2.45, 2.75) is 13.8 Å². The Bertz CT molecular complexity index is 621. The number of nitrogens with one attached hydrogen (secondary N) is 2. The van der Waals surface area contributed by atoms with Crippen LogP contribution in [-0.4, -0.2) is 19.6 Å². The third-order valence-electron chi connectivity index (χ3n) is 3.20. The van der Waals surface area contributed by atoms with Crippen molar-refractivity contribution in [3.63, 3.8) is 0 Å². The van der Waals surface area contributed by atoms with Gasteiger partial charge in [0.15, 0.2) is 0 Å². The van der Waals surface area contributed by atoms with Gasteiger partial charge in [-0.1, -0.05) is 17.7 Å². The number of ether oxygens (including phenoxy) is 1. The SMILES string of the molecule is COc1ccc(NCC(=O)Nc2ccc(C)cc2C)cc1. The van der Waals surface area contributed by atoms with Crippen LogP contribution in [0.25, 0.3) is 0 Å². The van der Waals surface area contributed by atoms with Gasteiger partial charge in [0.25, 0.3) is 0 Å². The highest BCUT2D eigenvalue weighted by atomic mass is 16.5. The standard InChI is InChI=1S/C17H20N2O2/c1-12-4-9-16(13(2)10-12)19-17(20)11-18-14-5-7-15(21-3)8-6-14/h4-10,18H,11H2,1-3H3,(H,19,20). The van der Waals surface area contributed by atoms with Crippen LogP contribution in [0.2, 0.25) is 0 Å². The number of rotatable bonds is 5. The summed E-state index contributed by atoms with van der Waals surface area (Å²) in [5.74, 6) is 0.720. The van der Waals surface area contributed by atoms with E-state index in [1.807, 2.05) is 56.3 Å². The summed E-state index contributed by atoms with van der Waals surface area (Å²) in [7, 11) is 1.62. The molecule has 0 saturated carbocycles. The Labute approximate surface area is 125 Å². The second-order valence-electron chi connectivity index (χ2n) is 4.95. The maximum atomic E-state index is 11.9. The molecule has 4 nitrogen and oxygen atoms in total. The second-order valence-corrected chi connectivity index (χ2v) is 4.95. The number of carbonyl (C=O) groups is 1. The Balaban J connectivity index is 1.89. The molecule has 1 amide bonds. The minimum atomic E-state index is -0.0715. The summed E-state index contributed by atoms with van der Waals surface area (Å²) in [5, 5.41) is 5.98. The van der Waals surface area contributed by atoms with E-state index < -0.39 is 0 Å². The highest BCUT2D eigenvalue weighted by Crippen LogP contribution is 2.17. The molecular formula is C17H20N2O2. The van der Waals surface area contributed by atoms with E-state index in [9.17, 15) is 4.79 Å². The van der Waals surface area contributed by atoms with Gasteiger partial charge in [-0.15, -0.1) is 0 Å². The highest BCUT2D eigenvalue weighted by molar-refractivity contribution is 5.94. The summed E-state index contributed by atoms with van der Waals surface area (Å²) in [6.07, 6.45) is 0. The van der Waals surface area contributed by atoms with Gasteiger partial charge in [0, 0.05) is 11.4 Å². The molecule has 0 heterocycles. The number of aryl methyl sites for hydroxylation is 2. The lowest BCUT2D eigenvalue weighted by molar-refractivity contribution is -0.114. The zero-order valence-electron chi connectivity index (χ0n) is 12.6. The molecule has 0 aromatic heterocycles. The first-order valence-corrected chi connectivity index (χ1v) is 6.83. The molecule has 0 spiro atoms. The fourth-order valence-corrected chi connectivity index (χ4v) is 2.04. The highest BCUT2D eigenvalue weighted by Gasteiger charge is 2.05. The minimum Gasteiger partial charge on any atom is -0.497 e. The van der Waals surface area contributed by atoms with Crippen molar-refractivity contribution in [2.24, 2.45) is 0 Å². The number of benzene rings is 2. The van der Waals surface area contributed by atoms with Gasteiger partial charge >= 0.3 is 0 Å². The molecule has 2 aromatic rings. The maximum absolute atomic E-state index is 11.9. The Morgan fingerprint density at radius 2 is 1.81 bits per heavy atom. The third kappa shape index (κ3) is 4.24. The van der Waals surface area contributed by atoms with E-state index in [4.69, 9.17) is 4.74 Å². The van der Waals surface area contributed by atoms with Crippen LogP contribution < -0.4 is 15.4 Å². The first kappa shape index (κ1) is 14.9. The maximum Gasteiger partial charge on any atom is 0.243 e. The van der Waals surface area contributed by atoms with Crippen LogP contribution in [0.3, 0.4) is 0 Å². The topological polar surface area (TPSA) is 50.4 Å². The van der Waals surface area contributed by atoms with Crippen molar-refractivity contribution in [3.05, 3.63) is 53.6 Å². The monoisotopic (exact) mass is 284 g/mol. The molecule has 0 aliphatic rings. The third-order valence-corrected chi connectivity index (χ3v) is 3.20. The van der Waals surface area contributed by atoms with Gasteiger partial charge in [-0.05, 0) is 49.7 Å². The molecule has 21 heavy (non-hydrogen) atoms. The number of amides is 1. The van der Waals surface area contributed by atoms with Gasteiger partial charge in [-0.25, -0.2) is 0 Å². The molecule has 2 aromatic carbocycles. The van der Waals surface area contributed by atoms with Gasteiger partial charge in [0.2, 0.25) is 5.91 Å². The molecule has 0 aliphatic carbocycles. The first-order chi connectivity index (χ1) is 10.1. The van der Waals surface area contributed by atoms with Crippen molar-refractivity contribution < 1.29 is 9.53 Å².